The first-order valence-electron chi connectivity index (χ1n) is 6.23. The highest BCUT2D eigenvalue weighted by atomic mass is 16.4. The highest BCUT2D eigenvalue weighted by Crippen LogP contribution is 2.40. The molecule has 0 aromatic heterocycles. The molecular weight excluding hydrogens is 232 g/mol. The first kappa shape index (κ1) is 16.7. The third-order valence-corrected chi connectivity index (χ3v) is 3.80. The number of carboxylic acids is 2. The van der Waals surface area contributed by atoms with Crippen LogP contribution in [0.3, 0.4) is 0 Å². The Hall–Kier alpha value is -1.32. The molecule has 104 valence electrons. The van der Waals surface area contributed by atoms with Crippen molar-refractivity contribution in [2.75, 3.05) is 0 Å². The van der Waals surface area contributed by atoms with Gasteiger partial charge in [-0.3, -0.25) is 0 Å². The Morgan fingerprint density at radius 2 is 1.00 bits per heavy atom. The maximum Gasteiger partial charge on any atom is 0.332 e. The second-order valence-electron chi connectivity index (χ2n) is 5.84. The van der Waals surface area contributed by atoms with Crippen molar-refractivity contribution in [1.82, 2.24) is 0 Å². The zero-order valence-electron chi connectivity index (χ0n) is 12.1. The molecule has 0 radical (unpaired) electrons. The van der Waals surface area contributed by atoms with E-state index >= 15 is 0 Å². The zero-order chi connectivity index (χ0) is 14.7. The van der Waals surface area contributed by atoms with Gasteiger partial charge >= 0.3 is 11.9 Å². The van der Waals surface area contributed by atoms with Crippen molar-refractivity contribution in [2.45, 2.75) is 54.4 Å². The second kappa shape index (κ2) is 5.55. The number of aliphatic carboxylic acids is 2. The van der Waals surface area contributed by atoms with Crippen molar-refractivity contribution in [3.05, 3.63) is 11.1 Å². The van der Waals surface area contributed by atoms with E-state index in [1.807, 2.05) is 13.8 Å². The lowest BCUT2D eigenvalue weighted by atomic mass is 9.71. The summed E-state index contributed by atoms with van der Waals surface area (Å²) in [6.45, 7) is 10.8. The predicted octanol–water partition coefficient (Wildman–Crippen LogP) is 3.32. The lowest BCUT2D eigenvalue weighted by Gasteiger charge is -2.32. The van der Waals surface area contributed by atoms with Gasteiger partial charge in [-0.2, -0.15) is 0 Å². The quantitative estimate of drug-likeness (QED) is 0.715. The molecule has 0 fully saturated rings. The molecule has 0 heterocycles. The summed E-state index contributed by atoms with van der Waals surface area (Å²) in [6.07, 6.45) is 1.15. The number of hydrogen-bond donors (Lipinski definition) is 2. The van der Waals surface area contributed by atoms with Crippen LogP contribution in [0.2, 0.25) is 0 Å². The highest BCUT2D eigenvalue weighted by molar-refractivity contribution is 6.00. The van der Waals surface area contributed by atoms with Crippen LogP contribution in [-0.4, -0.2) is 22.2 Å². The summed E-state index contributed by atoms with van der Waals surface area (Å²) in [5.41, 5.74) is -1.29. The first-order valence-corrected chi connectivity index (χ1v) is 6.23. The van der Waals surface area contributed by atoms with E-state index in [1.165, 1.54) is 0 Å². The van der Waals surface area contributed by atoms with Gasteiger partial charge in [0.2, 0.25) is 0 Å². The summed E-state index contributed by atoms with van der Waals surface area (Å²) >= 11 is 0. The summed E-state index contributed by atoms with van der Waals surface area (Å²) in [5, 5.41) is 18.8. The van der Waals surface area contributed by atoms with Gasteiger partial charge in [-0.25, -0.2) is 9.59 Å². The van der Waals surface area contributed by atoms with Crippen LogP contribution in [0.25, 0.3) is 0 Å². The van der Waals surface area contributed by atoms with Gasteiger partial charge in [-0.1, -0.05) is 41.5 Å². The van der Waals surface area contributed by atoms with E-state index in [9.17, 15) is 19.8 Å². The number of rotatable bonds is 6. The molecule has 0 saturated heterocycles. The van der Waals surface area contributed by atoms with Crippen LogP contribution in [0, 0.1) is 10.8 Å². The van der Waals surface area contributed by atoms with Crippen molar-refractivity contribution >= 4 is 11.9 Å². The number of carboxylic acid groups (broad SMARTS) is 2. The van der Waals surface area contributed by atoms with E-state index in [0.29, 0.717) is 12.8 Å². The molecule has 0 atom stereocenters. The minimum Gasteiger partial charge on any atom is -0.478 e. The van der Waals surface area contributed by atoms with Crippen molar-refractivity contribution in [1.29, 1.82) is 0 Å². The standard InChI is InChI=1S/C14H24O4/c1-7-13(3,4)9(11(15)16)10(12(17)18)14(5,6)8-2/h7-8H2,1-6H3,(H,15,16)(H,17,18)/b10-9+. The molecule has 0 aromatic rings. The Labute approximate surface area is 109 Å². The molecular formula is C14H24O4. The summed E-state index contributed by atoms with van der Waals surface area (Å²) < 4.78 is 0. The average molecular weight is 256 g/mol. The van der Waals surface area contributed by atoms with Gasteiger partial charge in [0.1, 0.15) is 0 Å². The van der Waals surface area contributed by atoms with Crippen LogP contribution in [0.15, 0.2) is 11.1 Å². The van der Waals surface area contributed by atoms with E-state index in [2.05, 4.69) is 0 Å². The lowest BCUT2D eigenvalue weighted by molar-refractivity contribution is -0.137. The van der Waals surface area contributed by atoms with Gasteiger partial charge in [-0.15, -0.1) is 0 Å². The van der Waals surface area contributed by atoms with Crippen LogP contribution < -0.4 is 0 Å². The molecule has 0 bridgehead atoms. The molecule has 0 aliphatic heterocycles. The Morgan fingerprint density at radius 1 is 0.778 bits per heavy atom. The second-order valence-corrected chi connectivity index (χ2v) is 5.84. The topological polar surface area (TPSA) is 74.6 Å². The Bertz CT molecular complexity index is 339. The molecule has 0 aromatic carbocycles. The Kier molecular flexibility index (Phi) is 5.14. The molecule has 0 unspecified atom stereocenters. The van der Waals surface area contributed by atoms with E-state index < -0.39 is 22.8 Å². The van der Waals surface area contributed by atoms with Gasteiger partial charge < -0.3 is 10.2 Å². The Morgan fingerprint density at radius 3 is 1.11 bits per heavy atom. The minimum absolute atomic E-state index is 0.0179. The minimum atomic E-state index is -1.14. The van der Waals surface area contributed by atoms with Gasteiger partial charge in [0.05, 0.1) is 11.1 Å². The van der Waals surface area contributed by atoms with E-state index in [0.717, 1.165) is 0 Å². The maximum absolute atomic E-state index is 11.5. The fraction of sp³-hybridized carbons (Fsp3) is 0.714. The maximum atomic E-state index is 11.5. The van der Waals surface area contributed by atoms with Crippen LogP contribution in [0.4, 0.5) is 0 Å². The van der Waals surface area contributed by atoms with Gasteiger partial charge in [0, 0.05) is 0 Å². The molecule has 4 heteroatoms. The van der Waals surface area contributed by atoms with Crippen molar-refractivity contribution < 1.29 is 19.8 Å². The highest BCUT2D eigenvalue weighted by Gasteiger charge is 2.38. The van der Waals surface area contributed by atoms with E-state index in [4.69, 9.17) is 0 Å². The van der Waals surface area contributed by atoms with E-state index in [-0.39, 0.29) is 11.1 Å². The molecule has 0 saturated carbocycles. The summed E-state index contributed by atoms with van der Waals surface area (Å²) in [6, 6.07) is 0. The van der Waals surface area contributed by atoms with Crippen molar-refractivity contribution in [3.63, 3.8) is 0 Å². The fourth-order valence-corrected chi connectivity index (χ4v) is 1.82. The molecule has 2 N–H and O–H groups in total. The van der Waals surface area contributed by atoms with Gasteiger partial charge in [0.25, 0.3) is 0 Å². The van der Waals surface area contributed by atoms with Crippen LogP contribution in [0.5, 0.6) is 0 Å². The normalized spacial score (nSPS) is 14.1. The largest absolute Gasteiger partial charge is 0.478 e. The molecule has 18 heavy (non-hydrogen) atoms. The summed E-state index contributed by atoms with van der Waals surface area (Å²) in [7, 11) is 0. The Balaban J connectivity index is 6.26. The van der Waals surface area contributed by atoms with Crippen LogP contribution >= 0.6 is 0 Å². The first-order chi connectivity index (χ1) is 8.01. The smallest absolute Gasteiger partial charge is 0.332 e. The SMILES string of the molecule is CCC(C)(C)/C(C(=O)O)=C(\C(=O)O)C(C)(C)CC. The van der Waals surface area contributed by atoms with Crippen LogP contribution in [-0.2, 0) is 9.59 Å². The van der Waals surface area contributed by atoms with Crippen molar-refractivity contribution in [2.24, 2.45) is 10.8 Å². The molecule has 0 spiro atoms. The van der Waals surface area contributed by atoms with E-state index in [1.54, 1.807) is 27.7 Å². The monoisotopic (exact) mass is 256 g/mol. The summed E-state index contributed by atoms with van der Waals surface area (Å²) in [5.74, 6) is -2.28. The van der Waals surface area contributed by atoms with Crippen LogP contribution in [0.1, 0.15) is 54.4 Å². The third kappa shape index (κ3) is 3.34. The van der Waals surface area contributed by atoms with Crippen molar-refractivity contribution in [3.8, 4) is 0 Å². The lowest BCUT2D eigenvalue weighted by Crippen LogP contribution is -2.31. The molecule has 0 aliphatic rings. The predicted molar refractivity (Wildman–Crippen MR) is 70.4 cm³/mol. The molecule has 0 aliphatic carbocycles. The third-order valence-electron chi connectivity index (χ3n) is 3.80. The van der Waals surface area contributed by atoms with Gasteiger partial charge in [-0.05, 0) is 23.7 Å². The molecule has 0 amide bonds. The molecule has 4 nitrogen and oxygen atoms in total. The average Bonchev–Trinajstić information content (AvgIpc) is 2.23. The number of carbonyl (C=O) groups is 2. The number of hydrogen-bond acceptors (Lipinski definition) is 2. The summed E-state index contributed by atoms with van der Waals surface area (Å²) in [4.78, 5) is 23.0. The molecule has 0 rings (SSSR count). The zero-order valence-corrected chi connectivity index (χ0v) is 12.1. The van der Waals surface area contributed by atoms with Gasteiger partial charge in [0.15, 0.2) is 0 Å². The fourth-order valence-electron chi connectivity index (χ4n) is 1.82.